The summed E-state index contributed by atoms with van der Waals surface area (Å²) in [5, 5.41) is 2.68. The minimum atomic E-state index is 0.746. The normalized spacial score (nSPS) is 18.4. The molecule has 1 saturated heterocycles. The van der Waals surface area contributed by atoms with Crippen molar-refractivity contribution in [1.82, 2.24) is 4.90 Å². The Labute approximate surface area is 115 Å². The lowest BCUT2D eigenvalue weighted by atomic mass is 9.95. The number of fused-ring (bicyclic) bond motifs is 1. The van der Waals surface area contributed by atoms with Crippen LogP contribution in [-0.4, -0.2) is 25.0 Å². The van der Waals surface area contributed by atoms with E-state index in [4.69, 9.17) is 0 Å². The second kappa shape index (κ2) is 5.58. The third-order valence-corrected chi connectivity index (χ3v) is 4.13. The molecule has 3 rings (SSSR count). The number of rotatable bonds is 2. The first kappa shape index (κ1) is 12.4. The monoisotopic (exact) mass is 251 g/mol. The molecule has 0 atom stereocenters. The van der Waals surface area contributed by atoms with E-state index >= 15 is 0 Å². The van der Waals surface area contributed by atoms with Gasteiger partial charge in [0.25, 0.3) is 0 Å². The summed E-state index contributed by atoms with van der Waals surface area (Å²) in [6.45, 7) is 2.45. The first-order valence-electron chi connectivity index (χ1n) is 7.17. The number of hydrogen-bond acceptors (Lipinski definition) is 1. The van der Waals surface area contributed by atoms with Gasteiger partial charge in [-0.3, -0.25) is 0 Å². The highest BCUT2D eigenvalue weighted by molar-refractivity contribution is 5.90. The smallest absolute Gasteiger partial charge is 0.00162 e. The zero-order valence-electron chi connectivity index (χ0n) is 11.5. The fourth-order valence-electron chi connectivity index (χ4n) is 2.86. The number of hydrogen-bond donors (Lipinski definition) is 0. The van der Waals surface area contributed by atoms with Crippen molar-refractivity contribution in [3.63, 3.8) is 0 Å². The van der Waals surface area contributed by atoms with Gasteiger partial charge in [0.15, 0.2) is 0 Å². The molecule has 98 valence electrons. The molecule has 2 aromatic carbocycles. The third-order valence-electron chi connectivity index (χ3n) is 4.13. The molecule has 2 aromatic rings. The van der Waals surface area contributed by atoms with Crippen molar-refractivity contribution in [3.8, 4) is 0 Å². The van der Waals surface area contributed by atoms with Crippen LogP contribution in [0.1, 0.15) is 18.4 Å². The van der Waals surface area contributed by atoms with E-state index in [0.717, 1.165) is 5.92 Å². The Balaban J connectivity index is 1.81. The van der Waals surface area contributed by atoms with Crippen molar-refractivity contribution < 1.29 is 0 Å². The summed E-state index contributed by atoms with van der Waals surface area (Å²) in [6, 6.07) is 15.2. The van der Waals surface area contributed by atoms with Crippen molar-refractivity contribution in [3.05, 3.63) is 54.1 Å². The van der Waals surface area contributed by atoms with Crippen LogP contribution in [0.4, 0.5) is 0 Å². The molecule has 1 nitrogen and oxygen atoms in total. The molecule has 1 fully saturated rings. The van der Waals surface area contributed by atoms with Crippen LogP contribution in [0.3, 0.4) is 0 Å². The zero-order valence-corrected chi connectivity index (χ0v) is 11.5. The lowest BCUT2D eigenvalue weighted by Gasteiger charge is -2.26. The van der Waals surface area contributed by atoms with E-state index in [-0.39, 0.29) is 0 Å². The molecule has 0 unspecified atom stereocenters. The summed E-state index contributed by atoms with van der Waals surface area (Å²) in [5.41, 5.74) is 1.34. The van der Waals surface area contributed by atoms with Gasteiger partial charge in [-0.2, -0.15) is 0 Å². The summed E-state index contributed by atoms with van der Waals surface area (Å²) in [7, 11) is 2.21. The van der Waals surface area contributed by atoms with Crippen LogP contribution in [-0.2, 0) is 0 Å². The fraction of sp³-hybridized carbons (Fsp3) is 0.333. The first-order valence-corrected chi connectivity index (χ1v) is 7.17. The molecule has 1 aliphatic heterocycles. The number of nitrogens with zero attached hydrogens (tertiary/aromatic N) is 1. The van der Waals surface area contributed by atoms with Crippen molar-refractivity contribution >= 4 is 16.8 Å². The van der Waals surface area contributed by atoms with Gasteiger partial charge < -0.3 is 4.90 Å². The molecule has 0 amide bonds. The van der Waals surface area contributed by atoms with E-state index in [0.29, 0.717) is 0 Å². The number of piperidine rings is 1. The predicted molar refractivity (Wildman–Crippen MR) is 83.2 cm³/mol. The highest BCUT2D eigenvalue weighted by Gasteiger charge is 2.13. The molecule has 19 heavy (non-hydrogen) atoms. The molecule has 0 radical (unpaired) electrons. The van der Waals surface area contributed by atoms with E-state index in [9.17, 15) is 0 Å². The molecule has 0 saturated carbocycles. The van der Waals surface area contributed by atoms with Gasteiger partial charge in [0.2, 0.25) is 0 Å². The molecule has 0 aliphatic carbocycles. The Morgan fingerprint density at radius 1 is 1.00 bits per heavy atom. The number of allylic oxidation sites excluding steroid dienone is 1. The predicted octanol–water partition coefficient (Wildman–Crippen LogP) is 4.19. The van der Waals surface area contributed by atoms with Crippen LogP contribution in [0.25, 0.3) is 16.8 Å². The second-order valence-electron chi connectivity index (χ2n) is 5.57. The van der Waals surface area contributed by atoms with Gasteiger partial charge in [-0.1, -0.05) is 54.6 Å². The topological polar surface area (TPSA) is 3.24 Å². The molecule has 0 bridgehead atoms. The van der Waals surface area contributed by atoms with Crippen LogP contribution in [0.15, 0.2) is 48.5 Å². The van der Waals surface area contributed by atoms with Crippen molar-refractivity contribution in [2.24, 2.45) is 5.92 Å². The standard InChI is InChI=1S/C18H21N/c1-19-13-11-15(12-14-19)9-10-17-7-4-6-16-5-2-3-8-18(16)17/h2-10,15H,11-14H2,1H3/b10-9-. The van der Waals surface area contributed by atoms with E-state index < -0.39 is 0 Å². The Kier molecular flexibility index (Phi) is 3.65. The minimum Gasteiger partial charge on any atom is -0.306 e. The van der Waals surface area contributed by atoms with Gasteiger partial charge in [0.05, 0.1) is 0 Å². The lowest BCUT2D eigenvalue weighted by molar-refractivity contribution is 0.244. The SMILES string of the molecule is CN1CCC(/C=C\c2cccc3ccccc23)CC1. The van der Waals surface area contributed by atoms with Crippen LogP contribution in [0, 0.1) is 5.92 Å². The van der Waals surface area contributed by atoms with Crippen LogP contribution in [0.5, 0.6) is 0 Å². The van der Waals surface area contributed by atoms with Crippen molar-refractivity contribution in [2.75, 3.05) is 20.1 Å². The van der Waals surface area contributed by atoms with Crippen LogP contribution < -0.4 is 0 Å². The highest BCUT2D eigenvalue weighted by atomic mass is 15.1. The van der Waals surface area contributed by atoms with Gasteiger partial charge in [-0.25, -0.2) is 0 Å². The molecule has 0 spiro atoms. The van der Waals surface area contributed by atoms with Gasteiger partial charge in [0.1, 0.15) is 0 Å². The lowest BCUT2D eigenvalue weighted by Crippen LogP contribution is -2.29. The molecule has 1 heterocycles. The molecule has 0 N–H and O–H groups in total. The molecule has 1 aliphatic rings. The van der Waals surface area contributed by atoms with Crippen molar-refractivity contribution in [2.45, 2.75) is 12.8 Å². The maximum Gasteiger partial charge on any atom is -0.00162 e. The summed E-state index contributed by atoms with van der Waals surface area (Å²) < 4.78 is 0. The zero-order chi connectivity index (χ0) is 13.1. The van der Waals surface area contributed by atoms with Gasteiger partial charge >= 0.3 is 0 Å². The largest absolute Gasteiger partial charge is 0.306 e. The average Bonchev–Trinajstić information content (AvgIpc) is 2.47. The summed E-state index contributed by atoms with van der Waals surface area (Å²) in [5.74, 6) is 0.746. The minimum absolute atomic E-state index is 0.746. The highest BCUT2D eigenvalue weighted by Crippen LogP contribution is 2.22. The van der Waals surface area contributed by atoms with Gasteiger partial charge in [0, 0.05) is 0 Å². The molecule has 1 heteroatoms. The average molecular weight is 251 g/mol. The van der Waals surface area contributed by atoms with E-state index in [1.54, 1.807) is 0 Å². The van der Waals surface area contributed by atoms with Gasteiger partial charge in [-0.05, 0) is 55.2 Å². The summed E-state index contributed by atoms with van der Waals surface area (Å²) >= 11 is 0. The van der Waals surface area contributed by atoms with E-state index in [1.807, 2.05) is 0 Å². The van der Waals surface area contributed by atoms with Crippen LogP contribution >= 0.6 is 0 Å². The van der Waals surface area contributed by atoms with E-state index in [2.05, 4.69) is 66.6 Å². The Hall–Kier alpha value is -1.60. The second-order valence-corrected chi connectivity index (χ2v) is 5.57. The fourth-order valence-corrected chi connectivity index (χ4v) is 2.86. The quantitative estimate of drug-likeness (QED) is 0.773. The molecule has 0 aromatic heterocycles. The number of benzene rings is 2. The van der Waals surface area contributed by atoms with E-state index in [1.165, 1.54) is 42.3 Å². The maximum absolute atomic E-state index is 2.42. The Bertz CT molecular complexity index is 572. The van der Waals surface area contributed by atoms with Crippen LogP contribution in [0.2, 0.25) is 0 Å². The summed E-state index contributed by atoms with van der Waals surface area (Å²) in [4.78, 5) is 2.42. The third kappa shape index (κ3) is 2.87. The Morgan fingerprint density at radius 2 is 1.74 bits per heavy atom. The number of likely N-dealkylation sites (tertiary alicyclic amines) is 1. The maximum atomic E-state index is 2.42. The van der Waals surface area contributed by atoms with Crippen molar-refractivity contribution in [1.29, 1.82) is 0 Å². The summed E-state index contributed by atoms with van der Waals surface area (Å²) in [6.07, 6.45) is 7.31. The molecular formula is C18H21N. The van der Waals surface area contributed by atoms with Gasteiger partial charge in [-0.15, -0.1) is 0 Å². The first-order chi connectivity index (χ1) is 9.33. The molecular weight excluding hydrogens is 230 g/mol. The Morgan fingerprint density at radius 3 is 2.58 bits per heavy atom.